The quantitative estimate of drug-likeness (QED) is 0.130. The van der Waals surface area contributed by atoms with Gasteiger partial charge >= 0.3 is 0 Å². The second-order valence-electron chi connectivity index (χ2n) is 12.4. The molecular formula is C28H60O4. The summed E-state index contributed by atoms with van der Waals surface area (Å²) in [4.78, 5) is 21.9. The van der Waals surface area contributed by atoms with Gasteiger partial charge in [-0.15, -0.1) is 0 Å². The highest BCUT2D eigenvalue weighted by Crippen LogP contribution is 2.27. The van der Waals surface area contributed by atoms with Crippen molar-refractivity contribution in [3.8, 4) is 0 Å². The maximum atomic E-state index is 5.54. The van der Waals surface area contributed by atoms with Crippen LogP contribution in [0.25, 0.3) is 0 Å². The summed E-state index contributed by atoms with van der Waals surface area (Å²) in [5.74, 6) is 0. The third-order valence-electron chi connectivity index (χ3n) is 4.82. The van der Waals surface area contributed by atoms with Crippen molar-refractivity contribution < 1.29 is 19.6 Å². The summed E-state index contributed by atoms with van der Waals surface area (Å²) in [5.41, 5.74) is -1.34. The fourth-order valence-corrected chi connectivity index (χ4v) is 2.72. The number of hydrogen-bond acceptors (Lipinski definition) is 4. The third-order valence-corrected chi connectivity index (χ3v) is 4.82. The SMILES string of the molecule is CC(C)(C)OOC(C)(C)CCC(C)(C)OOC(C)(C)C.CCCCCCCCCCCC. The van der Waals surface area contributed by atoms with Crippen LogP contribution in [0, 0.1) is 0 Å². The molecule has 0 unspecified atom stereocenters. The van der Waals surface area contributed by atoms with E-state index in [1.165, 1.54) is 64.2 Å². The molecule has 0 spiro atoms. The Hall–Kier alpha value is -0.160. The Morgan fingerprint density at radius 1 is 0.375 bits per heavy atom. The first-order chi connectivity index (χ1) is 14.5. The van der Waals surface area contributed by atoms with Gasteiger partial charge in [-0.25, -0.2) is 19.6 Å². The molecule has 0 rings (SSSR count). The summed E-state index contributed by atoms with van der Waals surface area (Å²) >= 11 is 0. The van der Waals surface area contributed by atoms with Crippen LogP contribution in [0.2, 0.25) is 0 Å². The summed E-state index contributed by atoms with van der Waals surface area (Å²) in [7, 11) is 0. The van der Waals surface area contributed by atoms with Gasteiger partial charge in [-0.3, -0.25) is 0 Å². The summed E-state index contributed by atoms with van der Waals surface area (Å²) in [6.07, 6.45) is 16.1. The Balaban J connectivity index is 0. The lowest BCUT2D eigenvalue weighted by atomic mass is 9.94. The first-order valence-electron chi connectivity index (χ1n) is 13.3. The molecule has 0 bridgehead atoms. The van der Waals surface area contributed by atoms with Gasteiger partial charge in [-0.05, 0) is 82.1 Å². The van der Waals surface area contributed by atoms with E-state index < -0.39 is 0 Å². The van der Waals surface area contributed by atoms with Crippen LogP contribution in [0.3, 0.4) is 0 Å². The van der Waals surface area contributed by atoms with E-state index in [1.807, 2.05) is 69.2 Å². The summed E-state index contributed by atoms with van der Waals surface area (Å²) in [6, 6.07) is 0. The third kappa shape index (κ3) is 27.9. The van der Waals surface area contributed by atoms with E-state index in [9.17, 15) is 0 Å². The zero-order valence-electron chi connectivity index (χ0n) is 24.1. The normalized spacial score (nSPS) is 13.1. The van der Waals surface area contributed by atoms with Crippen LogP contribution < -0.4 is 0 Å². The van der Waals surface area contributed by atoms with Gasteiger partial charge in [0.05, 0.1) is 22.4 Å². The second-order valence-corrected chi connectivity index (χ2v) is 12.4. The van der Waals surface area contributed by atoms with E-state index in [2.05, 4.69) is 13.8 Å². The predicted molar refractivity (Wildman–Crippen MR) is 139 cm³/mol. The fourth-order valence-electron chi connectivity index (χ4n) is 2.72. The maximum Gasteiger partial charge on any atom is 0.0981 e. The Morgan fingerprint density at radius 2 is 0.625 bits per heavy atom. The molecule has 0 aromatic carbocycles. The van der Waals surface area contributed by atoms with Crippen LogP contribution in [0.15, 0.2) is 0 Å². The monoisotopic (exact) mass is 460 g/mol. The lowest BCUT2D eigenvalue weighted by Gasteiger charge is -2.33. The van der Waals surface area contributed by atoms with Crippen molar-refractivity contribution in [1.82, 2.24) is 0 Å². The van der Waals surface area contributed by atoms with Crippen LogP contribution in [0.1, 0.15) is 160 Å². The average Bonchev–Trinajstić information content (AvgIpc) is 2.66. The molecule has 0 saturated heterocycles. The number of unbranched alkanes of at least 4 members (excludes halogenated alkanes) is 9. The predicted octanol–water partition coefficient (Wildman–Crippen LogP) is 9.74. The minimum Gasteiger partial charge on any atom is -0.230 e. The highest BCUT2D eigenvalue weighted by atomic mass is 17.2. The molecule has 4 heteroatoms. The smallest absolute Gasteiger partial charge is 0.0981 e. The van der Waals surface area contributed by atoms with Crippen molar-refractivity contribution in [2.45, 2.75) is 183 Å². The molecule has 0 aliphatic rings. The van der Waals surface area contributed by atoms with Gasteiger partial charge in [0.1, 0.15) is 0 Å². The summed E-state index contributed by atoms with van der Waals surface area (Å²) in [6.45, 7) is 24.4. The standard InChI is InChI=1S/C16H34O4.C12H26/c1-13(2,3)17-19-15(7,8)11-12-16(9,10)20-18-14(4,5)6;1-3-5-7-9-11-12-10-8-6-4-2/h11-12H2,1-10H3;3-12H2,1-2H3. The lowest BCUT2D eigenvalue weighted by molar-refractivity contribution is -0.410. The van der Waals surface area contributed by atoms with Crippen LogP contribution >= 0.6 is 0 Å². The van der Waals surface area contributed by atoms with E-state index in [-0.39, 0.29) is 22.4 Å². The van der Waals surface area contributed by atoms with Crippen molar-refractivity contribution in [2.75, 3.05) is 0 Å². The van der Waals surface area contributed by atoms with E-state index in [4.69, 9.17) is 19.6 Å². The van der Waals surface area contributed by atoms with Crippen molar-refractivity contribution >= 4 is 0 Å². The molecule has 0 aliphatic carbocycles. The minimum absolute atomic E-state index is 0.307. The van der Waals surface area contributed by atoms with Crippen molar-refractivity contribution in [1.29, 1.82) is 0 Å². The van der Waals surface area contributed by atoms with E-state index in [0.29, 0.717) is 0 Å². The highest BCUT2D eigenvalue weighted by Gasteiger charge is 2.30. The van der Waals surface area contributed by atoms with Gasteiger partial charge in [-0.1, -0.05) is 78.1 Å². The van der Waals surface area contributed by atoms with Gasteiger partial charge in [0.25, 0.3) is 0 Å². The largest absolute Gasteiger partial charge is 0.230 e. The molecule has 0 heterocycles. The number of hydrogen-bond donors (Lipinski definition) is 0. The molecule has 0 atom stereocenters. The van der Waals surface area contributed by atoms with Crippen molar-refractivity contribution in [3.05, 3.63) is 0 Å². The average molecular weight is 461 g/mol. The van der Waals surface area contributed by atoms with Crippen molar-refractivity contribution in [3.63, 3.8) is 0 Å². The maximum absolute atomic E-state index is 5.54. The van der Waals surface area contributed by atoms with Crippen molar-refractivity contribution in [2.24, 2.45) is 0 Å². The van der Waals surface area contributed by atoms with Crippen LogP contribution in [-0.4, -0.2) is 22.4 Å². The fraction of sp³-hybridized carbons (Fsp3) is 1.00. The molecule has 0 N–H and O–H groups in total. The highest BCUT2D eigenvalue weighted by molar-refractivity contribution is 4.75. The molecule has 196 valence electrons. The molecule has 0 aromatic heterocycles. The second kappa shape index (κ2) is 17.3. The molecule has 0 saturated carbocycles. The molecule has 0 amide bonds. The molecule has 4 nitrogen and oxygen atoms in total. The molecule has 0 fully saturated rings. The summed E-state index contributed by atoms with van der Waals surface area (Å²) < 4.78 is 0. The topological polar surface area (TPSA) is 36.9 Å². The Bertz CT molecular complexity index is 376. The van der Waals surface area contributed by atoms with Gasteiger partial charge in [0.2, 0.25) is 0 Å². The Morgan fingerprint density at radius 3 is 0.844 bits per heavy atom. The van der Waals surface area contributed by atoms with Crippen LogP contribution in [0.4, 0.5) is 0 Å². The number of rotatable bonds is 16. The van der Waals surface area contributed by atoms with Gasteiger partial charge < -0.3 is 0 Å². The molecule has 0 aromatic rings. The van der Waals surface area contributed by atoms with Gasteiger partial charge in [0, 0.05) is 0 Å². The molecule has 0 radical (unpaired) electrons. The first-order valence-corrected chi connectivity index (χ1v) is 13.3. The molecular weight excluding hydrogens is 400 g/mol. The molecule has 32 heavy (non-hydrogen) atoms. The molecule has 0 aliphatic heterocycles. The van der Waals surface area contributed by atoms with Gasteiger partial charge in [0.15, 0.2) is 0 Å². The minimum atomic E-state index is -0.365. The van der Waals surface area contributed by atoms with E-state index in [1.54, 1.807) is 0 Å². The lowest BCUT2D eigenvalue weighted by Crippen LogP contribution is -2.35. The first kappa shape index (κ1) is 34.0. The Labute approximate surface area is 202 Å². The van der Waals surface area contributed by atoms with E-state index in [0.717, 1.165) is 12.8 Å². The Kier molecular flexibility index (Phi) is 18.4. The van der Waals surface area contributed by atoms with Crippen LogP contribution in [0.5, 0.6) is 0 Å². The van der Waals surface area contributed by atoms with Crippen LogP contribution in [-0.2, 0) is 19.6 Å². The zero-order valence-corrected chi connectivity index (χ0v) is 24.1. The summed E-state index contributed by atoms with van der Waals surface area (Å²) in [5, 5.41) is 0. The van der Waals surface area contributed by atoms with Gasteiger partial charge in [-0.2, -0.15) is 0 Å². The van der Waals surface area contributed by atoms with E-state index >= 15 is 0 Å². The zero-order chi connectivity index (χ0) is 25.3.